The van der Waals surface area contributed by atoms with E-state index in [0.717, 1.165) is 23.9 Å². The summed E-state index contributed by atoms with van der Waals surface area (Å²) in [6.07, 6.45) is -4.04. The third-order valence-electron chi connectivity index (χ3n) is 3.99. The van der Waals surface area contributed by atoms with Gasteiger partial charge in [-0.1, -0.05) is 26.4 Å². The Kier molecular flexibility index (Phi) is 4.49. The van der Waals surface area contributed by atoms with Gasteiger partial charge >= 0.3 is 16.4 Å². The number of imidazole rings is 1. The van der Waals surface area contributed by atoms with Gasteiger partial charge in [-0.3, -0.25) is 4.98 Å². The second kappa shape index (κ2) is 6.00. The van der Waals surface area contributed by atoms with Gasteiger partial charge in [-0.15, -0.1) is 11.8 Å². The van der Waals surface area contributed by atoms with Crippen molar-refractivity contribution in [3.05, 3.63) is 36.0 Å². The van der Waals surface area contributed by atoms with Crippen LogP contribution in [0, 0.1) is 0 Å². The summed E-state index contributed by atoms with van der Waals surface area (Å²) in [7, 11) is -8.49. The molecule has 0 aliphatic carbocycles. The molecule has 3 nitrogen and oxygen atoms in total. The maximum Gasteiger partial charge on any atom is 0.417 e. The SMILES string of the molecule is CCSc1cc(C(F)(F)F)cnc1-c1nc2cc(S(F)(F)(F)(F)F)ccc2n1C. The molecule has 0 bridgehead atoms. The van der Waals surface area contributed by atoms with Gasteiger partial charge < -0.3 is 4.57 Å². The highest BCUT2D eigenvalue weighted by molar-refractivity contribution is 8.45. The summed E-state index contributed by atoms with van der Waals surface area (Å²) >= 11 is 1.04. The Morgan fingerprint density at radius 2 is 1.72 bits per heavy atom. The van der Waals surface area contributed by atoms with Crippen molar-refractivity contribution in [2.45, 2.75) is 22.9 Å². The average molecular weight is 463 g/mol. The highest BCUT2D eigenvalue weighted by Crippen LogP contribution is 3.02. The van der Waals surface area contributed by atoms with Gasteiger partial charge in [-0.05, 0) is 30.0 Å². The molecule has 0 spiro atoms. The monoisotopic (exact) mass is 463 g/mol. The number of hydrogen-bond donors (Lipinski definition) is 0. The van der Waals surface area contributed by atoms with Gasteiger partial charge in [0, 0.05) is 18.1 Å². The molecule has 0 unspecified atom stereocenters. The molecule has 1 aromatic carbocycles. The van der Waals surface area contributed by atoms with E-state index in [1.54, 1.807) is 6.92 Å². The van der Waals surface area contributed by atoms with Crippen LogP contribution in [0.1, 0.15) is 12.5 Å². The van der Waals surface area contributed by atoms with Crippen LogP contribution in [0.15, 0.2) is 40.3 Å². The fourth-order valence-electron chi connectivity index (χ4n) is 2.66. The predicted molar refractivity (Wildman–Crippen MR) is 96.7 cm³/mol. The summed E-state index contributed by atoms with van der Waals surface area (Å²) in [4.78, 5) is 5.77. The maximum absolute atomic E-state index is 13.1. The Hall–Kier alpha value is -2.02. The molecule has 2 aromatic heterocycles. The van der Waals surface area contributed by atoms with E-state index in [9.17, 15) is 32.6 Å². The fourth-order valence-corrected chi connectivity index (χ4v) is 4.13. The van der Waals surface area contributed by atoms with Crippen LogP contribution >= 0.6 is 22.0 Å². The zero-order chi connectivity index (χ0) is 21.9. The third kappa shape index (κ3) is 4.29. The van der Waals surface area contributed by atoms with Crippen molar-refractivity contribution < 1.29 is 32.6 Å². The molecule has 0 saturated carbocycles. The topological polar surface area (TPSA) is 30.7 Å². The van der Waals surface area contributed by atoms with Crippen LogP contribution in [-0.2, 0) is 13.2 Å². The van der Waals surface area contributed by atoms with Gasteiger partial charge in [-0.2, -0.15) is 13.2 Å². The molecule has 160 valence electrons. The number of benzene rings is 1. The van der Waals surface area contributed by atoms with Crippen LogP contribution in [-0.4, -0.2) is 20.3 Å². The first-order valence-electron chi connectivity index (χ1n) is 7.92. The van der Waals surface area contributed by atoms with Crippen molar-refractivity contribution in [3.8, 4) is 11.5 Å². The van der Waals surface area contributed by atoms with Crippen LogP contribution in [0.25, 0.3) is 22.6 Å². The number of hydrogen-bond acceptors (Lipinski definition) is 3. The lowest BCUT2D eigenvalue weighted by molar-refractivity contribution is -0.138. The Labute approximate surface area is 163 Å². The molecule has 0 amide bonds. The summed E-state index contributed by atoms with van der Waals surface area (Å²) in [5, 5.41) is 0. The normalized spacial score (nSPS) is 15.4. The Morgan fingerprint density at radius 1 is 1.07 bits per heavy atom. The van der Waals surface area contributed by atoms with Crippen LogP contribution in [0.4, 0.5) is 32.6 Å². The lowest BCUT2D eigenvalue weighted by Gasteiger charge is -2.40. The van der Waals surface area contributed by atoms with Crippen molar-refractivity contribution in [1.82, 2.24) is 14.5 Å². The minimum atomic E-state index is -9.90. The number of halogens is 8. The first kappa shape index (κ1) is 21.7. The van der Waals surface area contributed by atoms with Crippen molar-refractivity contribution in [3.63, 3.8) is 0 Å². The smallest absolute Gasteiger partial charge is 0.326 e. The van der Waals surface area contributed by atoms with E-state index in [-0.39, 0.29) is 39.6 Å². The largest absolute Gasteiger partial charge is 0.417 e. The minimum Gasteiger partial charge on any atom is -0.326 e. The van der Waals surface area contributed by atoms with Crippen LogP contribution < -0.4 is 0 Å². The minimum absolute atomic E-state index is 0.0115. The zero-order valence-corrected chi connectivity index (χ0v) is 16.4. The van der Waals surface area contributed by atoms with Gasteiger partial charge in [0.1, 0.15) is 10.6 Å². The summed E-state index contributed by atoms with van der Waals surface area (Å²) in [6.45, 7) is 1.70. The number of alkyl halides is 3. The molecule has 0 radical (unpaired) electrons. The standard InChI is InChI=1S/C16H13F8N3S2/c1-3-28-13-6-9(16(17,18)19)8-25-14(13)15-26-11-7-10(29(20,21,22,23)24)4-5-12(11)27(15)2/h4-8H,3H2,1-2H3. The lowest BCUT2D eigenvalue weighted by Crippen LogP contribution is -2.07. The molecule has 3 rings (SSSR count). The van der Waals surface area contributed by atoms with Gasteiger partial charge in [0.2, 0.25) is 0 Å². The van der Waals surface area contributed by atoms with E-state index in [1.165, 1.54) is 11.6 Å². The van der Waals surface area contributed by atoms with E-state index in [1.807, 2.05) is 0 Å². The highest BCUT2D eigenvalue weighted by Gasteiger charge is 2.65. The summed E-state index contributed by atoms with van der Waals surface area (Å²) in [5.74, 6) is 0.359. The van der Waals surface area contributed by atoms with E-state index < -0.39 is 26.9 Å². The molecule has 2 heterocycles. The van der Waals surface area contributed by atoms with Crippen LogP contribution in [0.5, 0.6) is 0 Å². The van der Waals surface area contributed by atoms with E-state index >= 15 is 0 Å². The first-order valence-corrected chi connectivity index (χ1v) is 10.9. The number of pyridine rings is 1. The van der Waals surface area contributed by atoms with Gasteiger partial charge in [0.05, 0.1) is 16.6 Å². The molecule has 0 aliphatic heterocycles. The number of aryl methyl sites for hydroxylation is 1. The number of aromatic nitrogens is 3. The van der Waals surface area contributed by atoms with E-state index in [4.69, 9.17) is 0 Å². The quantitative estimate of drug-likeness (QED) is 0.298. The average Bonchev–Trinajstić information content (AvgIpc) is 2.89. The molecule has 0 N–H and O–H groups in total. The van der Waals surface area contributed by atoms with Crippen molar-refractivity contribution in [2.75, 3.05) is 5.75 Å². The fraction of sp³-hybridized carbons (Fsp3) is 0.250. The Balaban J connectivity index is 2.22. The Morgan fingerprint density at radius 3 is 2.28 bits per heavy atom. The third-order valence-corrected chi connectivity index (χ3v) is 6.05. The zero-order valence-electron chi connectivity index (χ0n) is 14.8. The molecular formula is C16H13F8N3S2. The highest BCUT2D eigenvalue weighted by atomic mass is 32.5. The van der Waals surface area contributed by atoms with Gasteiger partial charge in [-0.25, -0.2) is 4.98 Å². The molecular weight excluding hydrogens is 450 g/mol. The number of fused-ring (bicyclic) bond motifs is 1. The molecule has 13 heteroatoms. The number of thioether (sulfide) groups is 1. The van der Waals surface area contributed by atoms with Gasteiger partial charge in [0.15, 0.2) is 5.82 Å². The molecule has 0 saturated heterocycles. The van der Waals surface area contributed by atoms with Gasteiger partial charge in [0.25, 0.3) is 0 Å². The molecule has 3 aromatic rings. The second-order valence-electron chi connectivity index (χ2n) is 6.12. The summed E-state index contributed by atoms with van der Waals surface area (Å²) < 4.78 is 106. The maximum atomic E-state index is 13.1. The van der Waals surface area contributed by atoms with E-state index in [2.05, 4.69) is 9.97 Å². The number of nitrogens with zero attached hydrogens (tertiary/aromatic N) is 3. The van der Waals surface area contributed by atoms with Crippen LogP contribution in [0.2, 0.25) is 0 Å². The van der Waals surface area contributed by atoms with Crippen molar-refractivity contribution in [1.29, 1.82) is 0 Å². The Bertz CT molecular complexity index is 1100. The first-order chi connectivity index (χ1) is 13.0. The molecule has 29 heavy (non-hydrogen) atoms. The summed E-state index contributed by atoms with van der Waals surface area (Å²) in [5.41, 5.74) is -1.25. The second-order valence-corrected chi connectivity index (χ2v) is 9.83. The predicted octanol–water partition coefficient (Wildman–Crippen LogP) is 7.42. The lowest BCUT2D eigenvalue weighted by atomic mass is 10.2. The van der Waals surface area contributed by atoms with Crippen molar-refractivity contribution in [2.24, 2.45) is 7.05 Å². The van der Waals surface area contributed by atoms with E-state index in [0.29, 0.717) is 11.9 Å². The van der Waals surface area contributed by atoms with Crippen LogP contribution in [0.3, 0.4) is 0 Å². The van der Waals surface area contributed by atoms with Crippen molar-refractivity contribution >= 4 is 33.0 Å². The molecule has 0 fully saturated rings. The number of rotatable bonds is 4. The molecule has 0 aliphatic rings. The summed E-state index contributed by atoms with van der Waals surface area (Å²) in [6, 6.07) is 2.21. The molecule has 0 atom stereocenters.